The molecular weight excluding hydrogens is 214 g/mol. The molecule has 7 heteroatoms. The minimum atomic E-state index is -0.653. The molecule has 94 valence electrons. The maximum absolute atomic E-state index is 8.62. The fraction of sp³-hybridized carbons (Fsp3) is 0.778. The number of nitrogens with zero attached hydrogens (tertiary/aromatic N) is 2. The van der Waals surface area contributed by atoms with E-state index in [1.165, 1.54) is 6.33 Å². The van der Waals surface area contributed by atoms with Gasteiger partial charge in [-0.15, -0.1) is 0 Å². The predicted molar refractivity (Wildman–Crippen MR) is 56.7 cm³/mol. The van der Waals surface area contributed by atoms with Crippen LogP contribution >= 0.6 is 0 Å². The molecule has 2 unspecified atom stereocenters. The van der Waals surface area contributed by atoms with Gasteiger partial charge >= 0.3 is 0 Å². The number of ether oxygens (including phenoxy) is 1. The Morgan fingerprint density at radius 2 is 1.94 bits per heavy atom. The summed E-state index contributed by atoms with van der Waals surface area (Å²) in [6, 6.07) is 0. The van der Waals surface area contributed by atoms with Gasteiger partial charge in [0.15, 0.2) is 0 Å². The zero-order chi connectivity index (χ0) is 12.4. The van der Waals surface area contributed by atoms with Crippen molar-refractivity contribution in [3.63, 3.8) is 0 Å². The third kappa shape index (κ3) is 7.30. The van der Waals surface area contributed by atoms with E-state index in [9.17, 15) is 0 Å². The summed E-state index contributed by atoms with van der Waals surface area (Å²) in [6.45, 7) is 4.34. The molecule has 0 aliphatic carbocycles. The molecule has 2 rings (SSSR count). The molecule has 1 aliphatic rings. The van der Waals surface area contributed by atoms with Crippen molar-refractivity contribution >= 4 is 0 Å². The van der Waals surface area contributed by atoms with Crippen molar-refractivity contribution in [3.8, 4) is 0 Å². The van der Waals surface area contributed by atoms with Crippen LogP contribution in [0.1, 0.15) is 12.7 Å². The van der Waals surface area contributed by atoms with Crippen molar-refractivity contribution in [2.75, 3.05) is 19.8 Å². The summed E-state index contributed by atoms with van der Waals surface area (Å²) in [5.41, 5.74) is 0. The van der Waals surface area contributed by atoms with Crippen LogP contribution in [0, 0.1) is 6.92 Å². The van der Waals surface area contributed by atoms with Crippen LogP contribution in [0.25, 0.3) is 0 Å². The Bertz CT molecular complexity index is 235. The molecule has 2 atom stereocenters. The van der Waals surface area contributed by atoms with Crippen LogP contribution in [0.15, 0.2) is 6.33 Å². The van der Waals surface area contributed by atoms with Crippen LogP contribution in [0.5, 0.6) is 0 Å². The molecule has 0 bridgehead atoms. The van der Waals surface area contributed by atoms with E-state index >= 15 is 0 Å². The van der Waals surface area contributed by atoms with E-state index in [2.05, 4.69) is 19.9 Å². The normalized spacial score (nSPS) is 22.8. The molecule has 16 heavy (non-hydrogen) atoms. The predicted octanol–water partition coefficient (Wildman–Crippen LogP) is -1.15. The minimum Gasteiger partial charge on any atom is -0.397 e. The Morgan fingerprint density at radius 3 is 2.06 bits per heavy atom. The average molecular weight is 233 g/mol. The Labute approximate surface area is 94.1 Å². The summed E-state index contributed by atoms with van der Waals surface area (Å²) in [4.78, 5) is 3.75. The van der Waals surface area contributed by atoms with Gasteiger partial charge in [-0.3, -0.25) is 5.10 Å². The molecule has 7 nitrogen and oxygen atoms in total. The van der Waals surface area contributed by atoms with Gasteiger partial charge in [0.05, 0.1) is 13.2 Å². The number of rotatable bonds is 0. The summed E-state index contributed by atoms with van der Waals surface area (Å²) in [5.74, 6) is 0.856. The van der Waals surface area contributed by atoms with E-state index in [-0.39, 0.29) is 19.8 Å². The molecular formula is C9H19N3O4. The lowest BCUT2D eigenvalue weighted by atomic mass is 10.3. The number of hydrogen-bond acceptors (Lipinski definition) is 6. The molecule has 1 saturated heterocycles. The summed E-state index contributed by atoms with van der Waals surface area (Å²) in [7, 11) is 0. The Hall–Kier alpha value is -1.02. The van der Waals surface area contributed by atoms with E-state index in [1.807, 2.05) is 6.92 Å². The highest BCUT2D eigenvalue weighted by atomic mass is 16.5. The lowest BCUT2D eigenvalue weighted by molar-refractivity contribution is 0.0572. The van der Waals surface area contributed by atoms with Gasteiger partial charge in [0.25, 0.3) is 0 Å². The van der Waals surface area contributed by atoms with Crippen LogP contribution in [0.4, 0.5) is 0 Å². The second-order valence-electron chi connectivity index (χ2n) is 3.06. The molecule has 1 fully saturated rings. The minimum absolute atomic E-state index is 0.250. The highest BCUT2D eigenvalue weighted by Gasteiger charge is 2.22. The highest BCUT2D eigenvalue weighted by Crippen LogP contribution is 2.02. The zero-order valence-corrected chi connectivity index (χ0v) is 9.50. The number of aliphatic hydroxyl groups is 3. The molecule has 1 aromatic rings. The molecule has 0 amide bonds. The Kier molecular flexibility index (Phi) is 8.64. The molecule has 1 aromatic heterocycles. The van der Waals surface area contributed by atoms with Gasteiger partial charge in [-0.05, 0) is 13.8 Å². The summed E-state index contributed by atoms with van der Waals surface area (Å²) < 4.78 is 4.67. The van der Waals surface area contributed by atoms with E-state index in [4.69, 9.17) is 15.3 Å². The van der Waals surface area contributed by atoms with Gasteiger partial charge in [0.2, 0.25) is 0 Å². The number of aromatic nitrogens is 3. The van der Waals surface area contributed by atoms with Crippen LogP contribution in [-0.4, -0.2) is 62.5 Å². The van der Waals surface area contributed by atoms with Gasteiger partial charge < -0.3 is 20.1 Å². The van der Waals surface area contributed by atoms with E-state index in [0.717, 1.165) is 5.82 Å². The van der Waals surface area contributed by atoms with Crippen LogP contribution < -0.4 is 0 Å². The lowest BCUT2D eigenvalue weighted by Crippen LogP contribution is -2.22. The van der Waals surface area contributed by atoms with Crippen LogP contribution in [-0.2, 0) is 4.74 Å². The highest BCUT2D eigenvalue weighted by molar-refractivity contribution is 4.71. The monoisotopic (exact) mass is 233 g/mol. The largest absolute Gasteiger partial charge is 0.397 e. The Morgan fingerprint density at radius 1 is 1.44 bits per heavy atom. The SMILES string of the molecule is CCO.Cc1ncn[nH]1.OC1COCC1O. The molecule has 0 aromatic carbocycles. The van der Waals surface area contributed by atoms with Crippen LogP contribution in [0.3, 0.4) is 0 Å². The van der Waals surface area contributed by atoms with Crippen molar-refractivity contribution in [3.05, 3.63) is 12.2 Å². The van der Waals surface area contributed by atoms with Gasteiger partial charge in [-0.1, -0.05) is 0 Å². The zero-order valence-electron chi connectivity index (χ0n) is 9.50. The fourth-order valence-corrected chi connectivity index (χ4v) is 0.798. The lowest BCUT2D eigenvalue weighted by Gasteiger charge is -2.00. The van der Waals surface area contributed by atoms with Crippen molar-refractivity contribution < 1.29 is 20.1 Å². The maximum atomic E-state index is 8.62. The first-order valence-corrected chi connectivity index (χ1v) is 4.98. The van der Waals surface area contributed by atoms with E-state index in [1.54, 1.807) is 6.92 Å². The molecule has 1 aliphatic heterocycles. The van der Waals surface area contributed by atoms with Gasteiger partial charge in [0.1, 0.15) is 24.4 Å². The quantitative estimate of drug-likeness (QED) is 0.450. The molecule has 0 spiro atoms. The first kappa shape index (κ1) is 15.0. The molecule has 0 radical (unpaired) electrons. The van der Waals surface area contributed by atoms with Crippen molar-refractivity contribution in [1.29, 1.82) is 0 Å². The van der Waals surface area contributed by atoms with Crippen molar-refractivity contribution in [2.45, 2.75) is 26.1 Å². The molecule has 2 heterocycles. The summed E-state index contributed by atoms with van der Waals surface area (Å²) in [5, 5.41) is 31.0. The third-order valence-corrected chi connectivity index (χ3v) is 1.56. The number of aryl methyl sites for hydroxylation is 1. The van der Waals surface area contributed by atoms with Gasteiger partial charge in [-0.25, -0.2) is 4.98 Å². The summed E-state index contributed by atoms with van der Waals surface area (Å²) in [6.07, 6.45) is 0.176. The second-order valence-corrected chi connectivity index (χ2v) is 3.06. The van der Waals surface area contributed by atoms with Gasteiger partial charge in [0, 0.05) is 6.61 Å². The number of aromatic amines is 1. The van der Waals surface area contributed by atoms with E-state index < -0.39 is 12.2 Å². The first-order chi connectivity index (χ1) is 7.61. The Balaban J connectivity index is 0.000000230. The smallest absolute Gasteiger partial charge is 0.137 e. The second kappa shape index (κ2) is 9.22. The number of nitrogens with one attached hydrogen (secondary N) is 1. The number of aliphatic hydroxyl groups excluding tert-OH is 3. The van der Waals surface area contributed by atoms with Crippen LogP contribution in [0.2, 0.25) is 0 Å². The van der Waals surface area contributed by atoms with Gasteiger partial charge in [-0.2, -0.15) is 5.10 Å². The first-order valence-electron chi connectivity index (χ1n) is 4.98. The molecule has 0 saturated carbocycles. The van der Waals surface area contributed by atoms with E-state index in [0.29, 0.717) is 0 Å². The maximum Gasteiger partial charge on any atom is 0.137 e. The third-order valence-electron chi connectivity index (χ3n) is 1.56. The summed E-state index contributed by atoms with van der Waals surface area (Å²) >= 11 is 0. The average Bonchev–Trinajstić information content (AvgIpc) is 2.83. The topological polar surface area (TPSA) is 111 Å². The van der Waals surface area contributed by atoms with Crippen molar-refractivity contribution in [1.82, 2.24) is 15.2 Å². The number of hydrogen-bond donors (Lipinski definition) is 4. The molecule has 4 N–H and O–H groups in total. The number of H-pyrrole nitrogens is 1. The standard InChI is InChI=1S/C4H8O3.C3H5N3.C2H6O/c5-3-1-7-2-4(3)6;1-3-4-2-5-6-3;1-2-3/h3-6H,1-2H2;2H,1H3,(H,4,5,6);3H,2H2,1H3. The fourth-order valence-electron chi connectivity index (χ4n) is 0.798. The van der Waals surface area contributed by atoms with Crippen molar-refractivity contribution in [2.24, 2.45) is 0 Å².